The zero-order chi connectivity index (χ0) is 55.6. The fourth-order valence-electron chi connectivity index (χ4n) is 12.3. The molecule has 0 aromatic heterocycles. The summed E-state index contributed by atoms with van der Waals surface area (Å²) in [5, 5.41) is 12.1. The van der Waals surface area contributed by atoms with Crippen molar-refractivity contribution in [1.82, 2.24) is 4.90 Å². The summed E-state index contributed by atoms with van der Waals surface area (Å²) in [7, 11) is 0.134. The molecule has 0 aromatic carbocycles. The van der Waals surface area contributed by atoms with Crippen molar-refractivity contribution in [2.45, 2.75) is 257 Å². The highest BCUT2D eigenvalue weighted by Crippen LogP contribution is 2.46. The molecule has 3 aliphatic heterocycles. The summed E-state index contributed by atoms with van der Waals surface area (Å²) in [4.78, 5) is 72.5. The van der Waals surface area contributed by atoms with Crippen LogP contribution in [0, 0.1) is 29.6 Å². The Hall–Kier alpha value is -2.42. The maximum atomic E-state index is 15.1. The summed E-state index contributed by atoms with van der Waals surface area (Å²) >= 11 is 0. The molecule has 4 aliphatic rings. The second-order valence-electron chi connectivity index (χ2n) is 24.5. The average molecular weight is 1080 g/mol. The molecule has 1 saturated carbocycles. The number of aliphatic hydroxyl groups is 1. The smallest absolute Gasteiger partial charge is 0.329 e. The minimum atomic E-state index is -2.58. The van der Waals surface area contributed by atoms with E-state index in [-0.39, 0.29) is 54.6 Å². The van der Waals surface area contributed by atoms with Crippen molar-refractivity contribution < 1.29 is 61.6 Å². The topological polar surface area (TPSA) is 173 Å². The van der Waals surface area contributed by atoms with Gasteiger partial charge in [0.25, 0.3) is 11.7 Å². The van der Waals surface area contributed by atoms with Gasteiger partial charge in [-0.2, -0.15) is 0 Å². The Bertz CT molecular complexity index is 1940. The van der Waals surface area contributed by atoms with Crippen LogP contribution in [0.4, 0.5) is 0 Å². The molecule has 1 N–H and O–H groups in total. The Balaban J connectivity index is 1.91. The van der Waals surface area contributed by atoms with Crippen molar-refractivity contribution in [3.8, 4) is 0 Å². The molecule has 424 valence electrons. The van der Waals surface area contributed by atoms with E-state index in [0.29, 0.717) is 57.8 Å². The maximum absolute atomic E-state index is 15.1. The van der Waals surface area contributed by atoms with Crippen LogP contribution in [0.15, 0.2) is 23.3 Å². The Kier molecular flexibility index (Phi) is 23.8. The third-order valence-electron chi connectivity index (χ3n) is 18.4. The van der Waals surface area contributed by atoms with Gasteiger partial charge in [0.05, 0.1) is 30.0 Å². The van der Waals surface area contributed by atoms with Crippen molar-refractivity contribution in [3.05, 3.63) is 23.3 Å². The molecule has 14 unspecified atom stereocenters. The van der Waals surface area contributed by atoms with Gasteiger partial charge in [0.1, 0.15) is 30.3 Å². The first-order valence-electron chi connectivity index (χ1n) is 28.4. The zero-order valence-electron chi connectivity index (χ0n) is 49.0. The number of carbonyl (C=O) groups is 5. The van der Waals surface area contributed by atoms with Crippen LogP contribution in [-0.2, 0) is 56.5 Å². The van der Waals surface area contributed by atoms with Gasteiger partial charge in [-0.15, -0.1) is 0 Å². The number of nitrogens with zero attached hydrogens (tertiary/aromatic N) is 1. The number of allylic oxidation sites excluding steroid dienone is 3. The van der Waals surface area contributed by atoms with Crippen LogP contribution in [0.2, 0.25) is 36.3 Å². The summed E-state index contributed by atoms with van der Waals surface area (Å²) in [5.74, 6) is -7.00. The molecule has 3 heterocycles. The fraction of sp³-hybridized carbons (Fsp3) is 0.845. The predicted octanol–water partition coefficient (Wildman–Crippen LogP) is 10.9. The van der Waals surface area contributed by atoms with Gasteiger partial charge in [-0.05, 0) is 138 Å². The summed E-state index contributed by atoms with van der Waals surface area (Å²) in [5.41, 5.74) is 1.22. The number of esters is 1. The number of carbonyl (C=O) groups excluding carboxylic acids is 5. The SMILES string of the molecule is CCC1/C=C(\C)CC(C)CC(OC)C2OC(O)(C(=O)C(=O)N3CCCCC3C(=O)OC(C(C)=CC3CCC(CCC=O)(O[Si](CC)(CC)CC)C(OC)C3)C(C)C(O[Si](C)(C)C(C)(C)C)CC1=O)C(C)CC2OC. The van der Waals surface area contributed by atoms with E-state index in [9.17, 15) is 24.3 Å². The molecule has 2 bridgehead atoms. The molecular weight excluding hydrogens is 975 g/mol. The number of methoxy groups -OCH3 is 3. The molecule has 1 aliphatic carbocycles. The lowest BCUT2D eigenvalue weighted by Gasteiger charge is -2.50. The molecule has 4 rings (SSSR count). The highest BCUT2D eigenvalue weighted by Gasteiger charge is 2.57. The first-order valence-corrected chi connectivity index (χ1v) is 33.9. The number of fused-ring (bicyclic) bond motifs is 3. The van der Waals surface area contributed by atoms with E-state index < -0.39 is 100.0 Å². The normalized spacial score (nSPS) is 36.1. The Morgan fingerprint density at radius 2 is 1.53 bits per heavy atom. The molecule has 16 heteroatoms. The molecule has 0 spiro atoms. The van der Waals surface area contributed by atoms with Crippen molar-refractivity contribution in [2.75, 3.05) is 27.9 Å². The monoisotopic (exact) mass is 1080 g/mol. The summed E-state index contributed by atoms with van der Waals surface area (Å²) in [6.07, 6.45) is 7.83. The maximum Gasteiger partial charge on any atom is 0.329 e. The van der Waals surface area contributed by atoms with Crippen molar-refractivity contribution >= 4 is 46.4 Å². The van der Waals surface area contributed by atoms with E-state index in [0.717, 1.165) is 42.0 Å². The van der Waals surface area contributed by atoms with Crippen LogP contribution in [0.3, 0.4) is 0 Å². The number of hydrogen-bond acceptors (Lipinski definition) is 13. The van der Waals surface area contributed by atoms with E-state index in [1.165, 1.54) is 4.90 Å². The number of piperidine rings is 1. The van der Waals surface area contributed by atoms with Crippen molar-refractivity contribution in [2.24, 2.45) is 29.6 Å². The standard InChI is InChI=1S/C58H101NO13Si2/c1-18-44-32-38(5)31-39(6)33-48(66-13)52-49(67-14)35-41(8)58(65,70-52)53(62)54(63)59-29-23-22-25-45(59)55(64)69-51(42(9)47(37-46(44)61)71-73(16,17)56(10,11)12)40(7)34-43-26-28-57(27-24-30-60,50(36-43)68-15)72-74(19-2,20-3)21-4/h30,32,34,39,41-45,47-52,65H,18-29,31,33,35-37H2,1-17H3/b38-32+,40-34?. The number of Topliss-reactive ketones (excluding diaryl/α,β-unsaturated/α-hetero) is 2. The number of amides is 1. The van der Waals surface area contributed by atoms with Gasteiger partial charge in [0.2, 0.25) is 5.79 Å². The quantitative estimate of drug-likeness (QED) is 0.0509. The van der Waals surface area contributed by atoms with E-state index in [1.807, 2.05) is 27.7 Å². The fourth-order valence-corrected chi connectivity index (χ4v) is 16.9. The summed E-state index contributed by atoms with van der Waals surface area (Å²) < 4.78 is 46.1. The van der Waals surface area contributed by atoms with Crippen molar-refractivity contribution in [3.63, 3.8) is 0 Å². The van der Waals surface area contributed by atoms with Gasteiger partial charge in [-0.1, -0.05) is 87.0 Å². The van der Waals surface area contributed by atoms with Gasteiger partial charge in [-0.25, -0.2) is 4.79 Å². The first-order chi connectivity index (χ1) is 34.7. The third-order valence-corrected chi connectivity index (χ3v) is 27.6. The molecule has 0 radical (unpaired) electrons. The van der Waals surface area contributed by atoms with Crippen LogP contribution in [-0.4, -0.2) is 138 Å². The average Bonchev–Trinajstić information content (AvgIpc) is 3.36. The minimum absolute atomic E-state index is 0.00546. The largest absolute Gasteiger partial charge is 0.456 e. The molecule has 2 saturated heterocycles. The van der Waals surface area contributed by atoms with Crippen LogP contribution in [0.25, 0.3) is 0 Å². The molecule has 14 atom stereocenters. The predicted molar refractivity (Wildman–Crippen MR) is 294 cm³/mol. The lowest BCUT2D eigenvalue weighted by Crippen LogP contribution is -2.64. The lowest BCUT2D eigenvalue weighted by molar-refractivity contribution is -0.302. The van der Waals surface area contributed by atoms with Crippen LogP contribution in [0.1, 0.15) is 167 Å². The second kappa shape index (κ2) is 27.4. The van der Waals surface area contributed by atoms with Gasteiger partial charge in [0, 0.05) is 58.5 Å². The second-order valence-corrected chi connectivity index (χ2v) is 33.9. The summed E-state index contributed by atoms with van der Waals surface area (Å²) in [6.45, 7) is 29.4. The Morgan fingerprint density at radius 3 is 2.09 bits per heavy atom. The van der Waals surface area contributed by atoms with Crippen LogP contribution >= 0.6 is 0 Å². The Morgan fingerprint density at radius 1 is 0.892 bits per heavy atom. The van der Waals surface area contributed by atoms with Gasteiger partial charge >= 0.3 is 5.97 Å². The number of aldehydes is 1. The van der Waals surface area contributed by atoms with Gasteiger partial charge < -0.3 is 47.3 Å². The number of rotatable bonds is 16. The van der Waals surface area contributed by atoms with Gasteiger partial charge in [0.15, 0.2) is 16.6 Å². The molecule has 14 nitrogen and oxygen atoms in total. The number of cyclic esters (lactones) is 1. The van der Waals surface area contributed by atoms with E-state index in [4.69, 9.17) is 32.5 Å². The van der Waals surface area contributed by atoms with E-state index >= 15 is 4.79 Å². The van der Waals surface area contributed by atoms with E-state index in [1.54, 1.807) is 28.3 Å². The molecule has 0 aromatic rings. The summed E-state index contributed by atoms with van der Waals surface area (Å²) in [6, 6.07) is 1.78. The lowest BCUT2D eigenvalue weighted by atomic mass is 9.73. The number of ketones is 2. The number of hydrogen-bond donors (Lipinski definition) is 1. The van der Waals surface area contributed by atoms with Crippen LogP contribution in [0.5, 0.6) is 0 Å². The van der Waals surface area contributed by atoms with E-state index in [2.05, 4.69) is 73.7 Å². The molecular formula is C58H101NO13Si2. The van der Waals surface area contributed by atoms with Crippen molar-refractivity contribution in [1.29, 1.82) is 0 Å². The molecule has 74 heavy (non-hydrogen) atoms. The highest BCUT2D eigenvalue weighted by atomic mass is 28.4. The number of ether oxygens (including phenoxy) is 5. The first kappa shape index (κ1) is 64.1. The molecule has 1 amide bonds. The molecule has 3 fully saturated rings. The third kappa shape index (κ3) is 15.0. The zero-order valence-corrected chi connectivity index (χ0v) is 51.0. The Labute approximate surface area is 448 Å². The van der Waals surface area contributed by atoms with Crippen LogP contribution < -0.4 is 0 Å². The highest BCUT2D eigenvalue weighted by molar-refractivity contribution is 6.74. The minimum Gasteiger partial charge on any atom is -0.456 e. The van der Waals surface area contributed by atoms with Gasteiger partial charge in [-0.3, -0.25) is 14.4 Å².